The molecule has 8 heteroatoms. The number of aryl methyl sites for hydroxylation is 2. The average Bonchev–Trinajstić information content (AvgIpc) is 3.55. The van der Waals surface area contributed by atoms with Crippen molar-refractivity contribution in [1.29, 1.82) is 0 Å². The van der Waals surface area contributed by atoms with E-state index in [0.29, 0.717) is 52.3 Å². The van der Waals surface area contributed by atoms with E-state index in [0.717, 1.165) is 23.0 Å². The largest absolute Gasteiger partial charge is 0.460 e. The lowest BCUT2D eigenvalue weighted by atomic mass is 9.91. The molecule has 1 aliphatic heterocycles. The Kier molecular flexibility index (Phi) is 5.28. The second-order valence-electron chi connectivity index (χ2n) is 10.3. The standard InChI is InChI=1S/C28H30N4O4/c1-15-13-31(17(15)3)28(34)22-14-32-26(16(22)2)23(9-10-30-32)36-20-7-8-21-24(11-20)35-18(4)25(21)27(33)29-12-19-5-6-19/h7-11,14-15,17,19H,5-6,12-13H2,1-4H3,(H,29,33)/t15-,17+/m0/s1. The normalized spacial score (nSPS) is 19.5. The second-order valence-corrected chi connectivity index (χ2v) is 10.3. The van der Waals surface area contributed by atoms with Crippen molar-refractivity contribution in [1.82, 2.24) is 19.8 Å². The van der Waals surface area contributed by atoms with Crippen LogP contribution < -0.4 is 10.1 Å². The molecule has 2 atom stereocenters. The molecule has 1 aliphatic carbocycles. The lowest BCUT2D eigenvalue weighted by Gasteiger charge is -2.44. The third-order valence-electron chi connectivity index (χ3n) is 7.72. The molecule has 6 rings (SSSR count). The van der Waals surface area contributed by atoms with Gasteiger partial charge >= 0.3 is 0 Å². The number of nitrogens with zero attached hydrogens (tertiary/aromatic N) is 3. The van der Waals surface area contributed by atoms with Crippen LogP contribution in [0.3, 0.4) is 0 Å². The molecule has 36 heavy (non-hydrogen) atoms. The topological polar surface area (TPSA) is 89.1 Å². The molecule has 1 saturated heterocycles. The number of benzene rings is 1. The molecule has 2 fully saturated rings. The van der Waals surface area contributed by atoms with Crippen molar-refractivity contribution in [3.8, 4) is 11.5 Å². The van der Waals surface area contributed by atoms with Crippen molar-refractivity contribution in [2.75, 3.05) is 13.1 Å². The van der Waals surface area contributed by atoms with Gasteiger partial charge in [-0.05, 0) is 63.1 Å². The highest BCUT2D eigenvalue weighted by Crippen LogP contribution is 2.35. The first-order valence-electron chi connectivity index (χ1n) is 12.6. The molecule has 4 aromatic rings. The first-order valence-corrected chi connectivity index (χ1v) is 12.6. The number of ether oxygens (including phenoxy) is 1. The summed E-state index contributed by atoms with van der Waals surface area (Å²) in [6, 6.07) is 7.51. The maximum Gasteiger partial charge on any atom is 0.256 e. The molecule has 0 bridgehead atoms. The number of carbonyl (C=O) groups excluding carboxylic acids is 2. The van der Waals surface area contributed by atoms with E-state index in [2.05, 4.69) is 24.3 Å². The van der Waals surface area contributed by atoms with Gasteiger partial charge in [-0.2, -0.15) is 5.10 Å². The Morgan fingerprint density at radius 3 is 2.72 bits per heavy atom. The van der Waals surface area contributed by atoms with E-state index in [9.17, 15) is 9.59 Å². The highest BCUT2D eigenvalue weighted by atomic mass is 16.5. The molecule has 186 valence electrons. The van der Waals surface area contributed by atoms with Crippen LogP contribution in [0.4, 0.5) is 0 Å². The van der Waals surface area contributed by atoms with Gasteiger partial charge in [0.1, 0.15) is 22.6 Å². The molecular formula is C28H30N4O4. The Morgan fingerprint density at radius 1 is 1.19 bits per heavy atom. The van der Waals surface area contributed by atoms with Crippen LogP contribution in [0.2, 0.25) is 0 Å². The fourth-order valence-corrected chi connectivity index (χ4v) is 5.06. The minimum Gasteiger partial charge on any atom is -0.460 e. The summed E-state index contributed by atoms with van der Waals surface area (Å²) in [4.78, 5) is 27.8. The lowest BCUT2D eigenvalue weighted by Crippen LogP contribution is -2.55. The number of fused-ring (bicyclic) bond motifs is 2. The number of carbonyl (C=O) groups is 2. The van der Waals surface area contributed by atoms with Crippen molar-refractivity contribution in [3.05, 3.63) is 59.1 Å². The van der Waals surface area contributed by atoms with E-state index in [4.69, 9.17) is 9.15 Å². The summed E-state index contributed by atoms with van der Waals surface area (Å²) in [7, 11) is 0. The van der Waals surface area contributed by atoms with Crippen LogP contribution in [0.1, 0.15) is 58.7 Å². The Balaban J connectivity index is 1.29. The number of hydrogen-bond acceptors (Lipinski definition) is 5. The Morgan fingerprint density at radius 2 is 2.00 bits per heavy atom. The molecule has 2 amide bonds. The Labute approximate surface area is 209 Å². The average molecular weight is 487 g/mol. The first-order chi connectivity index (χ1) is 17.3. The van der Waals surface area contributed by atoms with E-state index < -0.39 is 0 Å². The van der Waals surface area contributed by atoms with Gasteiger partial charge < -0.3 is 19.4 Å². The number of hydrogen-bond donors (Lipinski definition) is 1. The monoisotopic (exact) mass is 486 g/mol. The Hall–Kier alpha value is -3.81. The summed E-state index contributed by atoms with van der Waals surface area (Å²) in [6.45, 7) is 9.45. The molecule has 8 nitrogen and oxygen atoms in total. The van der Waals surface area contributed by atoms with E-state index in [1.807, 2.05) is 24.0 Å². The summed E-state index contributed by atoms with van der Waals surface area (Å²) in [5.74, 6) is 2.79. The van der Waals surface area contributed by atoms with E-state index in [1.54, 1.807) is 36.0 Å². The van der Waals surface area contributed by atoms with Gasteiger partial charge in [-0.3, -0.25) is 9.59 Å². The second kappa shape index (κ2) is 8.40. The molecule has 1 saturated carbocycles. The molecule has 4 heterocycles. The van der Waals surface area contributed by atoms with Crippen LogP contribution in [0.25, 0.3) is 16.5 Å². The van der Waals surface area contributed by atoms with E-state index in [1.165, 1.54) is 12.8 Å². The van der Waals surface area contributed by atoms with E-state index in [-0.39, 0.29) is 17.9 Å². The summed E-state index contributed by atoms with van der Waals surface area (Å²) in [5.41, 5.74) is 3.38. The lowest BCUT2D eigenvalue weighted by molar-refractivity contribution is 0.0269. The van der Waals surface area contributed by atoms with Crippen molar-refractivity contribution in [2.45, 2.75) is 46.6 Å². The SMILES string of the molecule is Cc1oc2cc(Oc3ccnn4cc(C(=O)N5C[C@H](C)[C@H]5C)c(C)c34)ccc2c1C(=O)NCC1CC1. The zero-order chi connectivity index (χ0) is 25.1. The number of rotatable bonds is 6. The zero-order valence-corrected chi connectivity index (χ0v) is 21.0. The van der Waals surface area contributed by atoms with Gasteiger partial charge in [-0.15, -0.1) is 0 Å². The van der Waals surface area contributed by atoms with Crippen LogP contribution in [0.5, 0.6) is 11.5 Å². The number of nitrogens with one attached hydrogen (secondary N) is 1. The number of likely N-dealkylation sites (tertiary alicyclic amines) is 1. The van der Waals surface area contributed by atoms with Crippen LogP contribution in [-0.4, -0.2) is 45.5 Å². The fourth-order valence-electron chi connectivity index (χ4n) is 5.06. The maximum absolute atomic E-state index is 13.2. The number of aromatic nitrogens is 2. The summed E-state index contributed by atoms with van der Waals surface area (Å²) < 4.78 is 13.9. The number of amides is 2. The van der Waals surface area contributed by atoms with Crippen LogP contribution in [-0.2, 0) is 0 Å². The summed E-state index contributed by atoms with van der Waals surface area (Å²) >= 11 is 0. The highest BCUT2D eigenvalue weighted by Gasteiger charge is 2.37. The molecule has 1 N–H and O–H groups in total. The van der Waals surface area contributed by atoms with Crippen LogP contribution >= 0.6 is 0 Å². The molecule has 1 aromatic carbocycles. The minimum absolute atomic E-state index is 0.0227. The van der Waals surface area contributed by atoms with Crippen molar-refractivity contribution in [2.24, 2.45) is 11.8 Å². The minimum atomic E-state index is -0.102. The fraction of sp³-hybridized carbons (Fsp3) is 0.393. The van der Waals surface area contributed by atoms with Gasteiger partial charge in [0.2, 0.25) is 0 Å². The van der Waals surface area contributed by atoms with Crippen molar-refractivity contribution in [3.63, 3.8) is 0 Å². The van der Waals surface area contributed by atoms with Crippen LogP contribution in [0, 0.1) is 25.7 Å². The Bertz CT molecular complexity index is 1510. The van der Waals surface area contributed by atoms with Crippen LogP contribution in [0.15, 0.2) is 41.1 Å². The van der Waals surface area contributed by atoms with Gasteiger partial charge in [-0.25, -0.2) is 4.52 Å². The summed E-state index contributed by atoms with van der Waals surface area (Å²) in [6.07, 6.45) is 5.80. The summed E-state index contributed by atoms with van der Waals surface area (Å²) in [5, 5.41) is 8.19. The van der Waals surface area contributed by atoms with E-state index >= 15 is 0 Å². The van der Waals surface area contributed by atoms with Gasteiger partial charge in [0.25, 0.3) is 11.8 Å². The zero-order valence-electron chi connectivity index (χ0n) is 21.0. The highest BCUT2D eigenvalue weighted by molar-refractivity contribution is 6.07. The maximum atomic E-state index is 13.2. The third-order valence-corrected chi connectivity index (χ3v) is 7.72. The molecular weight excluding hydrogens is 456 g/mol. The molecule has 0 unspecified atom stereocenters. The smallest absolute Gasteiger partial charge is 0.256 e. The third kappa shape index (κ3) is 3.72. The molecule has 2 aliphatic rings. The van der Waals surface area contributed by atoms with Gasteiger partial charge in [-0.1, -0.05) is 6.92 Å². The molecule has 3 aromatic heterocycles. The first kappa shape index (κ1) is 22.6. The quantitative estimate of drug-likeness (QED) is 0.409. The van der Waals surface area contributed by atoms with Gasteiger partial charge in [0, 0.05) is 42.8 Å². The van der Waals surface area contributed by atoms with Gasteiger partial charge in [0.15, 0.2) is 5.75 Å². The van der Waals surface area contributed by atoms with Crippen molar-refractivity contribution < 1.29 is 18.7 Å². The predicted molar refractivity (Wildman–Crippen MR) is 136 cm³/mol. The van der Waals surface area contributed by atoms with Gasteiger partial charge in [0.05, 0.1) is 17.3 Å². The molecule has 0 radical (unpaired) electrons. The van der Waals surface area contributed by atoms with Crippen molar-refractivity contribution >= 4 is 28.3 Å². The predicted octanol–water partition coefficient (Wildman–Crippen LogP) is 5.11. The number of furan rings is 1. The molecule has 0 spiro atoms.